The van der Waals surface area contributed by atoms with Gasteiger partial charge in [0.2, 0.25) is 5.91 Å². The van der Waals surface area contributed by atoms with Crippen molar-refractivity contribution in [2.45, 2.75) is 32.7 Å². The first-order chi connectivity index (χ1) is 7.45. The SMILES string of the molecule is C=CC(=O)NC(C)CCC(C)COS(=O)O. The van der Waals surface area contributed by atoms with Crippen LogP contribution in [0.15, 0.2) is 12.7 Å². The summed E-state index contributed by atoms with van der Waals surface area (Å²) in [7, 11) is 0. The minimum Gasteiger partial charge on any atom is -0.350 e. The first kappa shape index (κ1) is 15.3. The third-order valence-electron chi connectivity index (χ3n) is 2.12. The van der Waals surface area contributed by atoms with Crippen LogP contribution in [-0.2, 0) is 20.3 Å². The van der Waals surface area contributed by atoms with Gasteiger partial charge in [-0.1, -0.05) is 13.5 Å². The zero-order valence-electron chi connectivity index (χ0n) is 9.64. The fourth-order valence-electron chi connectivity index (χ4n) is 1.17. The van der Waals surface area contributed by atoms with E-state index in [1.807, 2.05) is 13.8 Å². The lowest BCUT2D eigenvalue weighted by molar-refractivity contribution is -0.117. The quantitative estimate of drug-likeness (QED) is 0.501. The molecule has 0 aliphatic heterocycles. The van der Waals surface area contributed by atoms with Gasteiger partial charge in [-0.2, -0.15) is 4.21 Å². The molecular weight excluding hydrogens is 230 g/mol. The molecule has 0 heterocycles. The number of rotatable bonds is 8. The van der Waals surface area contributed by atoms with Crippen LogP contribution < -0.4 is 5.32 Å². The molecule has 0 saturated heterocycles. The Labute approximate surface area is 98.7 Å². The van der Waals surface area contributed by atoms with Crippen molar-refractivity contribution in [2.24, 2.45) is 5.92 Å². The van der Waals surface area contributed by atoms with Gasteiger partial charge in [0.1, 0.15) is 0 Å². The van der Waals surface area contributed by atoms with Gasteiger partial charge in [0.15, 0.2) is 0 Å². The monoisotopic (exact) mass is 249 g/mol. The summed E-state index contributed by atoms with van der Waals surface area (Å²) in [5.74, 6) is -0.00736. The Kier molecular flexibility index (Phi) is 8.05. The van der Waals surface area contributed by atoms with Crippen molar-refractivity contribution in [3.63, 3.8) is 0 Å². The maximum Gasteiger partial charge on any atom is 0.301 e. The maximum atomic E-state index is 11.0. The molecule has 3 unspecified atom stereocenters. The molecule has 94 valence electrons. The van der Waals surface area contributed by atoms with Crippen molar-refractivity contribution >= 4 is 17.3 Å². The van der Waals surface area contributed by atoms with Gasteiger partial charge in [0, 0.05) is 6.04 Å². The second-order valence-electron chi connectivity index (χ2n) is 3.80. The number of nitrogens with one attached hydrogen (secondary N) is 1. The lowest BCUT2D eigenvalue weighted by atomic mass is 10.0. The van der Waals surface area contributed by atoms with E-state index in [0.29, 0.717) is 0 Å². The van der Waals surface area contributed by atoms with E-state index in [-0.39, 0.29) is 24.5 Å². The molecule has 0 aromatic rings. The largest absolute Gasteiger partial charge is 0.350 e. The summed E-state index contributed by atoms with van der Waals surface area (Å²) < 4.78 is 23.2. The summed E-state index contributed by atoms with van der Waals surface area (Å²) in [6, 6.07) is 0.0626. The van der Waals surface area contributed by atoms with E-state index in [1.54, 1.807) is 0 Å². The Bertz CT molecular complexity index is 257. The molecule has 0 fully saturated rings. The molecule has 2 N–H and O–H groups in total. The van der Waals surface area contributed by atoms with Gasteiger partial charge in [-0.25, -0.2) is 0 Å². The molecular formula is C10H19NO4S. The summed E-state index contributed by atoms with van der Waals surface area (Å²) in [6.07, 6.45) is 2.84. The molecule has 0 bridgehead atoms. The Hall–Kier alpha value is -0.720. The highest BCUT2D eigenvalue weighted by Gasteiger charge is 2.09. The summed E-state index contributed by atoms with van der Waals surface area (Å²) in [5, 5.41) is 2.74. The Morgan fingerprint density at radius 1 is 1.56 bits per heavy atom. The molecule has 0 aromatic carbocycles. The number of carbonyl (C=O) groups is 1. The lowest BCUT2D eigenvalue weighted by Crippen LogP contribution is -2.31. The minimum atomic E-state index is -2.19. The van der Waals surface area contributed by atoms with Gasteiger partial charge >= 0.3 is 11.4 Å². The predicted octanol–water partition coefficient (Wildman–Crippen LogP) is 1.25. The third-order valence-corrected chi connectivity index (χ3v) is 2.46. The Balaban J connectivity index is 3.65. The van der Waals surface area contributed by atoms with Crippen LogP contribution in [0.5, 0.6) is 0 Å². The first-order valence-corrected chi connectivity index (χ1v) is 6.16. The number of hydrogen-bond acceptors (Lipinski definition) is 3. The standard InChI is InChI=1S/C10H19NO4S/c1-4-10(12)11-9(3)6-5-8(2)7-15-16(13)14/h4,8-9H,1,5-7H2,2-3H3,(H,11,12)(H,13,14). The molecule has 6 heteroatoms. The summed E-state index contributed by atoms with van der Waals surface area (Å²) in [4.78, 5) is 11.0. The smallest absolute Gasteiger partial charge is 0.301 e. The van der Waals surface area contributed by atoms with Crippen LogP contribution in [0.1, 0.15) is 26.7 Å². The molecule has 0 aromatic heterocycles. The van der Waals surface area contributed by atoms with Crippen LogP contribution in [0.2, 0.25) is 0 Å². The number of hydrogen-bond donors (Lipinski definition) is 2. The zero-order valence-corrected chi connectivity index (χ0v) is 10.5. The Morgan fingerprint density at radius 2 is 2.19 bits per heavy atom. The molecule has 0 rings (SSSR count). The number of carbonyl (C=O) groups excluding carboxylic acids is 1. The highest BCUT2D eigenvalue weighted by atomic mass is 32.2. The van der Waals surface area contributed by atoms with Crippen molar-refractivity contribution < 1.29 is 17.7 Å². The van der Waals surface area contributed by atoms with E-state index in [2.05, 4.69) is 16.1 Å². The van der Waals surface area contributed by atoms with Crippen molar-refractivity contribution in [3.05, 3.63) is 12.7 Å². The van der Waals surface area contributed by atoms with E-state index >= 15 is 0 Å². The van der Waals surface area contributed by atoms with Crippen molar-refractivity contribution in [3.8, 4) is 0 Å². The highest BCUT2D eigenvalue weighted by Crippen LogP contribution is 2.08. The summed E-state index contributed by atoms with van der Waals surface area (Å²) >= 11 is -2.19. The Morgan fingerprint density at radius 3 is 2.69 bits per heavy atom. The fraction of sp³-hybridized carbons (Fsp3) is 0.700. The second kappa shape index (κ2) is 8.43. The van der Waals surface area contributed by atoms with Crippen LogP contribution >= 0.6 is 0 Å². The van der Waals surface area contributed by atoms with Gasteiger partial charge in [0.05, 0.1) is 6.61 Å². The van der Waals surface area contributed by atoms with Gasteiger partial charge in [-0.3, -0.25) is 13.5 Å². The molecule has 0 saturated carbocycles. The molecule has 5 nitrogen and oxygen atoms in total. The van der Waals surface area contributed by atoms with Gasteiger partial charge in [-0.05, 0) is 31.8 Å². The predicted molar refractivity (Wildman–Crippen MR) is 62.9 cm³/mol. The van der Waals surface area contributed by atoms with Crippen molar-refractivity contribution in [1.29, 1.82) is 0 Å². The minimum absolute atomic E-state index is 0.0626. The van der Waals surface area contributed by atoms with Crippen LogP contribution in [0, 0.1) is 5.92 Å². The average molecular weight is 249 g/mol. The highest BCUT2D eigenvalue weighted by molar-refractivity contribution is 7.74. The zero-order chi connectivity index (χ0) is 12.6. The molecule has 0 radical (unpaired) electrons. The topological polar surface area (TPSA) is 75.6 Å². The average Bonchev–Trinajstić information content (AvgIpc) is 2.23. The second-order valence-corrected chi connectivity index (χ2v) is 4.47. The van der Waals surface area contributed by atoms with Crippen molar-refractivity contribution in [1.82, 2.24) is 5.32 Å². The van der Waals surface area contributed by atoms with E-state index in [0.717, 1.165) is 12.8 Å². The van der Waals surface area contributed by atoms with E-state index in [9.17, 15) is 9.00 Å². The van der Waals surface area contributed by atoms with Crippen LogP contribution in [-0.4, -0.2) is 27.3 Å². The molecule has 0 aliphatic rings. The molecule has 0 spiro atoms. The maximum absolute atomic E-state index is 11.0. The molecule has 1 amide bonds. The van der Waals surface area contributed by atoms with Crippen LogP contribution in [0.3, 0.4) is 0 Å². The number of amides is 1. The fourth-order valence-corrected chi connectivity index (χ4v) is 1.51. The third kappa shape index (κ3) is 8.58. The van der Waals surface area contributed by atoms with E-state index in [1.165, 1.54) is 6.08 Å². The van der Waals surface area contributed by atoms with Gasteiger partial charge in [0.25, 0.3) is 0 Å². The van der Waals surface area contributed by atoms with Crippen LogP contribution in [0.25, 0.3) is 0 Å². The van der Waals surface area contributed by atoms with Gasteiger partial charge < -0.3 is 5.32 Å². The van der Waals surface area contributed by atoms with Crippen molar-refractivity contribution in [2.75, 3.05) is 6.61 Å². The lowest BCUT2D eigenvalue weighted by Gasteiger charge is -2.15. The van der Waals surface area contributed by atoms with E-state index in [4.69, 9.17) is 4.55 Å². The molecule has 0 aliphatic carbocycles. The first-order valence-electron chi connectivity index (χ1n) is 5.12. The van der Waals surface area contributed by atoms with Gasteiger partial charge in [-0.15, -0.1) is 0 Å². The molecule has 16 heavy (non-hydrogen) atoms. The summed E-state index contributed by atoms with van der Waals surface area (Å²) in [6.45, 7) is 7.43. The van der Waals surface area contributed by atoms with Crippen LogP contribution in [0.4, 0.5) is 0 Å². The summed E-state index contributed by atoms with van der Waals surface area (Å²) in [5.41, 5.74) is 0. The molecule has 3 atom stereocenters. The normalized spacial score (nSPS) is 16.2. The van der Waals surface area contributed by atoms with E-state index < -0.39 is 11.4 Å².